The average molecular weight is 247 g/mol. The lowest BCUT2D eigenvalue weighted by molar-refractivity contribution is 0.0535. The molecule has 96 valence electrons. The minimum atomic E-state index is -0.500. The van der Waals surface area contributed by atoms with Gasteiger partial charge >= 0.3 is 6.09 Å². The average Bonchev–Trinajstić information content (AvgIpc) is 2.22. The molecule has 1 heterocycles. The number of alkyl carbamates (subject to hydrolysis) is 1. The molecule has 0 aromatic carbocycles. The molecule has 0 aliphatic carbocycles. The van der Waals surface area contributed by atoms with Crippen LogP contribution in [0, 0.1) is 18.8 Å². The van der Waals surface area contributed by atoms with Gasteiger partial charge < -0.3 is 10.1 Å². The van der Waals surface area contributed by atoms with E-state index >= 15 is 0 Å². The SMILES string of the molecule is Cc1cncc(C#CCNC(=O)OC(C)(C)C)n1. The number of aromatic nitrogens is 2. The van der Waals surface area contributed by atoms with Gasteiger partial charge in [-0.15, -0.1) is 0 Å². The van der Waals surface area contributed by atoms with Gasteiger partial charge in [0.15, 0.2) is 0 Å². The van der Waals surface area contributed by atoms with E-state index in [9.17, 15) is 4.79 Å². The summed E-state index contributed by atoms with van der Waals surface area (Å²) in [5.41, 5.74) is 0.891. The Morgan fingerprint density at radius 1 is 1.44 bits per heavy atom. The molecule has 0 unspecified atom stereocenters. The lowest BCUT2D eigenvalue weighted by Crippen LogP contribution is -2.32. The fourth-order valence-corrected chi connectivity index (χ4v) is 1.09. The van der Waals surface area contributed by atoms with Gasteiger partial charge in [0.2, 0.25) is 0 Å². The molecule has 1 aromatic heterocycles. The fraction of sp³-hybridized carbons (Fsp3) is 0.462. The highest BCUT2D eigenvalue weighted by Crippen LogP contribution is 2.05. The number of amides is 1. The summed E-state index contributed by atoms with van der Waals surface area (Å²) in [7, 11) is 0. The first-order valence-electron chi connectivity index (χ1n) is 5.61. The van der Waals surface area contributed by atoms with E-state index < -0.39 is 11.7 Å². The van der Waals surface area contributed by atoms with Gasteiger partial charge in [-0.2, -0.15) is 0 Å². The molecule has 1 aromatic rings. The zero-order chi connectivity index (χ0) is 13.6. The summed E-state index contributed by atoms with van der Waals surface area (Å²) >= 11 is 0. The largest absolute Gasteiger partial charge is 0.444 e. The third-order valence-electron chi connectivity index (χ3n) is 1.69. The van der Waals surface area contributed by atoms with Crippen LogP contribution in [0.1, 0.15) is 32.2 Å². The normalized spacial score (nSPS) is 10.2. The molecule has 0 aliphatic heterocycles. The second-order valence-electron chi connectivity index (χ2n) is 4.70. The Morgan fingerprint density at radius 2 is 2.17 bits per heavy atom. The van der Waals surface area contributed by atoms with Gasteiger partial charge in [-0.25, -0.2) is 9.78 Å². The van der Waals surface area contributed by atoms with Crippen LogP contribution in [-0.4, -0.2) is 28.2 Å². The Kier molecular flexibility index (Phi) is 4.67. The fourth-order valence-electron chi connectivity index (χ4n) is 1.09. The van der Waals surface area contributed by atoms with Crippen molar-refractivity contribution in [2.45, 2.75) is 33.3 Å². The molecule has 0 saturated heterocycles. The van der Waals surface area contributed by atoms with Crippen LogP contribution >= 0.6 is 0 Å². The highest BCUT2D eigenvalue weighted by Gasteiger charge is 2.14. The molecule has 0 spiro atoms. The van der Waals surface area contributed by atoms with Gasteiger partial charge in [0.1, 0.15) is 11.3 Å². The lowest BCUT2D eigenvalue weighted by atomic mass is 10.2. The summed E-state index contributed by atoms with van der Waals surface area (Å²) < 4.78 is 5.06. The summed E-state index contributed by atoms with van der Waals surface area (Å²) in [6.45, 7) is 7.48. The second-order valence-corrected chi connectivity index (χ2v) is 4.70. The molecule has 18 heavy (non-hydrogen) atoms. The molecular weight excluding hydrogens is 230 g/mol. The van der Waals surface area contributed by atoms with E-state index in [0.717, 1.165) is 5.69 Å². The molecule has 0 bridgehead atoms. The van der Waals surface area contributed by atoms with Gasteiger partial charge in [-0.3, -0.25) is 4.98 Å². The van der Waals surface area contributed by atoms with E-state index in [1.54, 1.807) is 33.2 Å². The summed E-state index contributed by atoms with van der Waals surface area (Å²) in [6.07, 6.45) is 2.75. The highest BCUT2D eigenvalue weighted by atomic mass is 16.6. The van der Waals surface area contributed by atoms with Crippen LogP contribution in [0.3, 0.4) is 0 Å². The van der Waals surface area contributed by atoms with Crippen LogP contribution < -0.4 is 5.32 Å². The van der Waals surface area contributed by atoms with Crippen molar-refractivity contribution in [3.63, 3.8) is 0 Å². The number of ether oxygens (including phenoxy) is 1. The first-order chi connectivity index (χ1) is 8.37. The molecule has 1 amide bonds. The third-order valence-corrected chi connectivity index (χ3v) is 1.69. The Morgan fingerprint density at radius 3 is 2.78 bits per heavy atom. The van der Waals surface area contributed by atoms with Crippen molar-refractivity contribution in [1.29, 1.82) is 0 Å². The second kappa shape index (κ2) is 6.01. The number of nitrogens with zero attached hydrogens (tertiary/aromatic N) is 2. The van der Waals surface area contributed by atoms with E-state index in [2.05, 4.69) is 27.1 Å². The predicted molar refractivity (Wildman–Crippen MR) is 67.9 cm³/mol. The molecule has 0 aliphatic rings. The smallest absolute Gasteiger partial charge is 0.408 e. The van der Waals surface area contributed by atoms with E-state index in [1.807, 2.05) is 6.92 Å². The number of hydrogen-bond donors (Lipinski definition) is 1. The lowest BCUT2D eigenvalue weighted by Gasteiger charge is -2.18. The van der Waals surface area contributed by atoms with Gasteiger partial charge in [-0.1, -0.05) is 5.92 Å². The van der Waals surface area contributed by atoms with E-state index in [0.29, 0.717) is 5.69 Å². The van der Waals surface area contributed by atoms with Crippen molar-refractivity contribution in [3.8, 4) is 11.8 Å². The van der Waals surface area contributed by atoms with Crippen molar-refractivity contribution in [1.82, 2.24) is 15.3 Å². The maximum Gasteiger partial charge on any atom is 0.408 e. The Hall–Kier alpha value is -2.09. The van der Waals surface area contributed by atoms with Crippen LogP contribution in [0.5, 0.6) is 0 Å². The van der Waals surface area contributed by atoms with E-state index in [1.165, 1.54) is 0 Å². The molecule has 0 radical (unpaired) electrons. The van der Waals surface area contributed by atoms with Crippen LogP contribution in [0.15, 0.2) is 12.4 Å². The van der Waals surface area contributed by atoms with Gasteiger partial charge in [-0.05, 0) is 33.6 Å². The zero-order valence-electron chi connectivity index (χ0n) is 11.1. The first kappa shape index (κ1) is 14.0. The van der Waals surface area contributed by atoms with Gasteiger partial charge in [0, 0.05) is 6.20 Å². The molecule has 0 saturated carbocycles. The molecule has 1 rings (SSSR count). The monoisotopic (exact) mass is 247 g/mol. The first-order valence-corrected chi connectivity index (χ1v) is 5.61. The summed E-state index contributed by atoms with van der Waals surface area (Å²) in [5.74, 6) is 5.59. The quantitative estimate of drug-likeness (QED) is 0.766. The van der Waals surface area contributed by atoms with Crippen molar-refractivity contribution >= 4 is 6.09 Å². The maximum absolute atomic E-state index is 11.3. The molecule has 0 fully saturated rings. The van der Waals surface area contributed by atoms with Crippen LogP contribution in [0.4, 0.5) is 4.79 Å². The van der Waals surface area contributed by atoms with Crippen LogP contribution in [0.2, 0.25) is 0 Å². The number of aryl methyl sites for hydroxylation is 1. The van der Waals surface area contributed by atoms with E-state index in [4.69, 9.17) is 4.74 Å². The minimum absolute atomic E-state index is 0.213. The molecule has 1 N–H and O–H groups in total. The Bertz CT molecular complexity index is 481. The summed E-state index contributed by atoms with van der Waals surface area (Å²) in [4.78, 5) is 19.4. The van der Waals surface area contributed by atoms with Crippen molar-refractivity contribution in [3.05, 3.63) is 23.8 Å². The van der Waals surface area contributed by atoms with E-state index in [-0.39, 0.29) is 6.54 Å². The zero-order valence-corrected chi connectivity index (χ0v) is 11.1. The Balaban J connectivity index is 2.41. The molecular formula is C13H17N3O2. The van der Waals surface area contributed by atoms with Crippen LogP contribution in [-0.2, 0) is 4.74 Å². The van der Waals surface area contributed by atoms with Gasteiger partial charge in [0.25, 0.3) is 0 Å². The third kappa shape index (κ3) is 5.85. The summed E-state index contributed by atoms with van der Waals surface area (Å²) in [5, 5.41) is 2.54. The Labute approximate surface area is 107 Å². The molecule has 5 nitrogen and oxygen atoms in total. The van der Waals surface area contributed by atoms with Crippen molar-refractivity contribution < 1.29 is 9.53 Å². The maximum atomic E-state index is 11.3. The molecule has 0 atom stereocenters. The summed E-state index contributed by atoms with van der Waals surface area (Å²) in [6, 6.07) is 0. The number of rotatable bonds is 1. The minimum Gasteiger partial charge on any atom is -0.444 e. The van der Waals surface area contributed by atoms with Crippen LogP contribution in [0.25, 0.3) is 0 Å². The standard InChI is InChI=1S/C13H17N3O2/c1-10-8-14-9-11(16-10)6-5-7-15-12(17)18-13(2,3)4/h8-9H,7H2,1-4H3,(H,15,17). The number of nitrogens with one attached hydrogen (secondary N) is 1. The van der Waals surface area contributed by atoms with Gasteiger partial charge in [0.05, 0.1) is 18.4 Å². The highest BCUT2D eigenvalue weighted by molar-refractivity contribution is 5.68. The number of carbonyl (C=O) groups excluding carboxylic acids is 1. The van der Waals surface area contributed by atoms with Crippen molar-refractivity contribution in [2.24, 2.45) is 0 Å². The van der Waals surface area contributed by atoms with Crippen molar-refractivity contribution in [2.75, 3.05) is 6.54 Å². The number of hydrogen-bond acceptors (Lipinski definition) is 4. The number of carbonyl (C=O) groups is 1. The predicted octanol–water partition coefficient (Wildman–Crippen LogP) is 1.66. The topological polar surface area (TPSA) is 64.1 Å². The molecule has 5 heteroatoms.